The molecule has 0 aromatic heterocycles. The molecule has 1 amide bonds. The van der Waals surface area contributed by atoms with Crippen molar-refractivity contribution >= 4 is 40.2 Å². The smallest absolute Gasteiger partial charge is 0.256 e. The van der Waals surface area contributed by atoms with Crippen molar-refractivity contribution in [2.45, 2.75) is 11.8 Å². The predicted molar refractivity (Wildman–Crippen MR) is 80.4 cm³/mol. The molecule has 0 unspecified atom stereocenters. The van der Waals surface area contributed by atoms with Crippen LogP contribution >= 0.6 is 28.6 Å². The second kappa shape index (κ2) is 5.93. The van der Waals surface area contributed by atoms with E-state index < -0.39 is 23.2 Å². The van der Waals surface area contributed by atoms with Crippen LogP contribution < -0.4 is 5.32 Å². The molecular formula is C14H10BrF2NOS. The van der Waals surface area contributed by atoms with E-state index in [-0.39, 0.29) is 11.1 Å². The number of benzene rings is 2. The lowest BCUT2D eigenvalue weighted by molar-refractivity contribution is 0.102. The third-order valence-electron chi connectivity index (χ3n) is 2.73. The topological polar surface area (TPSA) is 29.1 Å². The highest BCUT2D eigenvalue weighted by Gasteiger charge is 2.16. The predicted octanol–water partition coefficient (Wildman–Crippen LogP) is 4.58. The molecular weight excluding hydrogens is 348 g/mol. The van der Waals surface area contributed by atoms with Crippen molar-refractivity contribution in [2.24, 2.45) is 0 Å². The van der Waals surface area contributed by atoms with Gasteiger partial charge in [0.25, 0.3) is 5.91 Å². The third kappa shape index (κ3) is 3.02. The monoisotopic (exact) mass is 357 g/mol. The first kappa shape index (κ1) is 15.0. The zero-order valence-corrected chi connectivity index (χ0v) is 12.9. The van der Waals surface area contributed by atoms with Crippen LogP contribution in [-0.2, 0) is 0 Å². The SMILES string of the molecule is Cc1ccc(F)c(NC(=O)c2ccc(Br)cc2S)c1F. The Balaban J connectivity index is 2.35. The van der Waals surface area contributed by atoms with Gasteiger partial charge in [-0.1, -0.05) is 22.0 Å². The average Bonchev–Trinajstić information content (AvgIpc) is 2.39. The lowest BCUT2D eigenvalue weighted by Gasteiger charge is -2.10. The fourth-order valence-electron chi connectivity index (χ4n) is 1.65. The molecule has 0 saturated carbocycles. The highest BCUT2D eigenvalue weighted by molar-refractivity contribution is 9.10. The molecule has 20 heavy (non-hydrogen) atoms. The molecule has 0 radical (unpaired) electrons. The molecule has 2 aromatic carbocycles. The van der Waals surface area contributed by atoms with E-state index in [2.05, 4.69) is 33.9 Å². The van der Waals surface area contributed by atoms with E-state index in [1.807, 2.05) is 0 Å². The number of aryl methyl sites for hydroxylation is 1. The van der Waals surface area contributed by atoms with Crippen molar-refractivity contribution in [3.05, 3.63) is 57.6 Å². The quantitative estimate of drug-likeness (QED) is 0.757. The maximum absolute atomic E-state index is 13.8. The van der Waals surface area contributed by atoms with Gasteiger partial charge < -0.3 is 5.32 Å². The summed E-state index contributed by atoms with van der Waals surface area (Å²) in [6, 6.07) is 7.22. The number of thiol groups is 1. The minimum absolute atomic E-state index is 0.233. The van der Waals surface area contributed by atoms with E-state index in [0.717, 1.165) is 10.5 Å². The van der Waals surface area contributed by atoms with Gasteiger partial charge in [-0.3, -0.25) is 4.79 Å². The zero-order valence-electron chi connectivity index (χ0n) is 10.4. The van der Waals surface area contributed by atoms with Crippen LogP contribution in [0.5, 0.6) is 0 Å². The Morgan fingerprint density at radius 2 is 1.95 bits per heavy atom. The first-order chi connectivity index (χ1) is 9.40. The van der Waals surface area contributed by atoms with Crippen LogP contribution in [-0.4, -0.2) is 5.91 Å². The van der Waals surface area contributed by atoms with Crippen molar-refractivity contribution in [3.63, 3.8) is 0 Å². The molecule has 0 atom stereocenters. The molecule has 0 fully saturated rings. The summed E-state index contributed by atoms with van der Waals surface area (Å²) in [6.07, 6.45) is 0. The highest BCUT2D eigenvalue weighted by Crippen LogP contribution is 2.24. The Bertz CT molecular complexity index is 691. The summed E-state index contributed by atoms with van der Waals surface area (Å²) in [4.78, 5) is 12.5. The molecule has 2 nitrogen and oxygen atoms in total. The number of carbonyl (C=O) groups excluding carboxylic acids is 1. The number of halogens is 3. The number of rotatable bonds is 2. The van der Waals surface area contributed by atoms with Crippen LogP contribution in [0.15, 0.2) is 39.7 Å². The fraction of sp³-hybridized carbons (Fsp3) is 0.0714. The summed E-state index contributed by atoms with van der Waals surface area (Å²) in [5.41, 5.74) is 0.0334. The molecule has 6 heteroatoms. The molecule has 0 aliphatic heterocycles. The van der Waals surface area contributed by atoms with E-state index >= 15 is 0 Å². The highest BCUT2D eigenvalue weighted by atomic mass is 79.9. The summed E-state index contributed by atoms with van der Waals surface area (Å²) >= 11 is 7.41. The second-order valence-electron chi connectivity index (χ2n) is 4.17. The van der Waals surface area contributed by atoms with Crippen molar-refractivity contribution < 1.29 is 13.6 Å². The number of amides is 1. The molecule has 0 heterocycles. The molecule has 0 aliphatic carbocycles. The Hall–Kier alpha value is -1.40. The molecule has 0 bridgehead atoms. The van der Waals surface area contributed by atoms with Crippen LogP contribution in [0.3, 0.4) is 0 Å². The van der Waals surface area contributed by atoms with Crippen molar-refractivity contribution in [1.82, 2.24) is 0 Å². The molecule has 0 aliphatic rings. The van der Waals surface area contributed by atoms with Gasteiger partial charge in [0.15, 0.2) is 5.82 Å². The van der Waals surface area contributed by atoms with Gasteiger partial charge in [0.05, 0.1) is 5.56 Å². The summed E-state index contributed by atoms with van der Waals surface area (Å²) in [5.74, 6) is -2.22. The van der Waals surface area contributed by atoms with E-state index in [1.165, 1.54) is 19.1 Å². The van der Waals surface area contributed by atoms with Gasteiger partial charge >= 0.3 is 0 Å². The molecule has 0 spiro atoms. The maximum atomic E-state index is 13.8. The van der Waals surface area contributed by atoms with E-state index in [1.54, 1.807) is 12.1 Å². The van der Waals surface area contributed by atoms with Crippen LogP contribution in [0.4, 0.5) is 14.5 Å². The summed E-state index contributed by atoms with van der Waals surface area (Å²) in [6.45, 7) is 1.49. The van der Waals surface area contributed by atoms with Gasteiger partial charge in [0.2, 0.25) is 0 Å². The summed E-state index contributed by atoms with van der Waals surface area (Å²) in [7, 11) is 0. The molecule has 2 rings (SSSR count). The Labute approximate surface area is 128 Å². The van der Waals surface area contributed by atoms with Gasteiger partial charge in [-0.25, -0.2) is 8.78 Å². The lowest BCUT2D eigenvalue weighted by Crippen LogP contribution is -2.15. The zero-order chi connectivity index (χ0) is 14.9. The Kier molecular flexibility index (Phi) is 4.45. The van der Waals surface area contributed by atoms with E-state index in [0.29, 0.717) is 4.90 Å². The van der Waals surface area contributed by atoms with E-state index in [9.17, 15) is 13.6 Å². The van der Waals surface area contributed by atoms with Gasteiger partial charge in [-0.15, -0.1) is 12.6 Å². The molecule has 0 saturated heterocycles. The van der Waals surface area contributed by atoms with Gasteiger partial charge in [0.1, 0.15) is 11.5 Å². The normalized spacial score (nSPS) is 10.4. The molecule has 104 valence electrons. The largest absolute Gasteiger partial charge is 0.317 e. The van der Waals surface area contributed by atoms with Crippen LogP contribution in [0, 0.1) is 18.6 Å². The molecule has 2 aromatic rings. The van der Waals surface area contributed by atoms with Crippen LogP contribution in [0.25, 0.3) is 0 Å². The number of hydrogen-bond donors (Lipinski definition) is 2. The van der Waals surface area contributed by atoms with Crippen molar-refractivity contribution in [2.75, 3.05) is 5.32 Å². The second-order valence-corrected chi connectivity index (χ2v) is 5.57. The Morgan fingerprint density at radius 3 is 2.60 bits per heavy atom. The molecule has 1 N–H and O–H groups in total. The fourth-order valence-corrected chi connectivity index (χ4v) is 2.50. The Morgan fingerprint density at radius 1 is 1.25 bits per heavy atom. The average molecular weight is 358 g/mol. The van der Waals surface area contributed by atoms with E-state index in [4.69, 9.17) is 0 Å². The standard InChI is InChI=1S/C14H10BrF2NOS/c1-7-2-5-10(16)13(12(7)17)18-14(19)9-4-3-8(15)6-11(9)20/h2-6,20H,1H3,(H,18,19). The summed E-state index contributed by atoms with van der Waals surface area (Å²) < 4.78 is 28.2. The van der Waals surface area contributed by atoms with Crippen LogP contribution in [0.1, 0.15) is 15.9 Å². The minimum atomic E-state index is -0.820. The number of hydrogen-bond acceptors (Lipinski definition) is 2. The first-order valence-corrected chi connectivity index (χ1v) is 6.88. The first-order valence-electron chi connectivity index (χ1n) is 5.64. The minimum Gasteiger partial charge on any atom is -0.317 e. The number of carbonyl (C=O) groups is 1. The van der Waals surface area contributed by atoms with Gasteiger partial charge in [0, 0.05) is 9.37 Å². The van der Waals surface area contributed by atoms with Crippen molar-refractivity contribution in [3.8, 4) is 0 Å². The van der Waals surface area contributed by atoms with Crippen molar-refractivity contribution in [1.29, 1.82) is 0 Å². The maximum Gasteiger partial charge on any atom is 0.256 e. The summed E-state index contributed by atoms with van der Waals surface area (Å²) in [5, 5.41) is 2.24. The van der Waals surface area contributed by atoms with Gasteiger partial charge in [-0.2, -0.15) is 0 Å². The van der Waals surface area contributed by atoms with Gasteiger partial charge in [-0.05, 0) is 36.8 Å². The third-order valence-corrected chi connectivity index (χ3v) is 3.59. The number of anilines is 1. The van der Waals surface area contributed by atoms with Crippen LogP contribution in [0.2, 0.25) is 0 Å². The lowest BCUT2D eigenvalue weighted by atomic mass is 10.1. The number of nitrogens with one attached hydrogen (secondary N) is 1.